The lowest BCUT2D eigenvalue weighted by atomic mass is 10.1. The molecule has 1 aliphatic heterocycles. The summed E-state index contributed by atoms with van der Waals surface area (Å²) in [5.41, 5.74) is 7.28. The maximum absolute atomic E-state index is 3.25. The van der Waals surface area contributed by atoms with Crippen molar-refractivity contribution < 1.29 is 0 Å². The Morgan fingerprint density at radius 2 is 2.27 bits per heavy atom. The van der Waals surface area contributed by atoms with Gasteiger partial charge in [0.2, 0.25) is 0 Å². The van der Waals surface area contributed by atoms with Crippen molar-refractivity contribution in [2.75, 3.05) is 12.1 Å². The van der Waals surface area contributed by atoms with Gasteiger partial charge in [-0.25, -0.2) is 5.43 Å². The SMILES string of the molecule is Cc1ccc2c(c1)CNN2C. The van der Waals surface area contributed by atoms with Crippen LogP contribution in [0.5, 0.6) is 0 Å². The Morgan fingerprint density at radius 1 is 1.45 bits per heavy atom. The van der Waals surface area contributed by atoms with Crippen molar-refractivity contribution in [1.82, 2.24) is 5.43 Å². The highest BCUT2D eigenvalue weighted by atomic mass is 15.5. The summed E-state index contributed by atoms with van der Waals surface area (Å²) in [4.78, 5) is 0. The molecule has 0 saturated carbocycles. The van der Waals surface area contributed by atoms with Crippen LogP contribution in [0.25, 0.3) is 0 Å². The highest BCUT2D eigenvalue weighted by Crippen LogP contribution is 2.23. The first-order valence-electron chi connectivity index (χ1n) is 3.84. The quantitative estimate of drug-likeness (QED) is 0.599. The smallest absolute Gasteiger partial charge is 0.0562 e. The topological polar surface area (TPSA) is 15.3 Å². The highest BCUT2D eigenvalue weighted by Gasteiger charge is 2.13. The van der Waals surface area contributed by atoms with E-state index in [2.05, 4.69) is 35.6 Å². The number of nitrogens with zero attached hydrogens (tertiary/aromatic N) is 1. The Kier molecular flexibility index (Phi) is 1.36. The van der Waals surface area contributed by atoms with Crippen molar-refractivity contribution >= 4 is 5.69 Å². The van der Waals surface area contributed by atoms with E-state index in [1.807, 2.05) is 7.05 Å². The van der Waals surface area contributed by atoms with E-state index >= 15 is 0 Å². The number of hydrazine groups is 1. The predicted molar refractivity (Wildman–Crippen MR) is 46.4 cm³/mol. The molecule has 0 spiro atoms. The average Bonchev–Trinajstić information content (AvgIpc) is 2.32. The number of hydrogen-bond donors (Lipinski definition) is 1. The largest absolute Gasteiger partial charge is 0.311 e. The van der Waals surface area contributed by atoms with Gasteiger partial charge in [-0.3, -0.25) is 0 Å². The predicted octanol–water partition coefficient (Wildman–Crippen LogP) is 1.45. The fourth-order valence-corrected chi connectivity index (χ4v) is 1.47. The van der Waals surface area contributed by atoms with Gasteiger partial charge in [0, 0.05) is 13.6 Å². The molecule has 0 bridgehead atoms. The zero-order chi connectivity index (χ0) is 7.84. The van der Waals surface area contributed by atoms with Crippen molar-refractivity contribution in [3.05, 3.63) is 29.3 Å². The van der Waals surface area contributed by atoms with E-state index in [-0.39, 0.29) is 0 Å². The molecule has 2 rings (SSSR count). The Labute approximate surface area is 66.8 Å². The zero-order valence-electron chi connectivity index (χ0n) is 6.89. The first kappa shape index (κ1) is 6.68. The van der Waals surface area contributed by atoms with E-state index in [9.17, 15) is 0 Å². The molecule has 58 valence electrons. The third kappa shape index (κ3) is 0.994. The third-order valence-electron chi connectivity index (χ3n) is 2.10. The van der Waals surface area contributed by atoms with Crippen molar-refractivity contribution in [2.45, 2.75) is 13.5 Å². The molecule has 0 saturated heterocycles. The number of anilines is 1. The Morgan fingerprint density at radius 3 is 3.09 bits per heavy atom. The van der Waals surface area contributed by atoms with Crippen LogP contribution in [0.2, 0.25) is 0 Å². The second-order valence-electron chi connectivity index (χ2n) is 3.03. The molecule has 0 radical (unpaired) electrons. The summed E-state index contributed by atoms with van der Waals surface area (Å²) in [7, 11) is 2.04. The minimum atomic E-state index is 0.966. The molecule has 2 nitrogen and oxygen atoms in total. The van der Waals surface area contributed by atoms with Crippen LogP contribution in [0.4, 0.5) is 5.69 Å². The van der Waals surface area contributed by atoms with Gasteiger partial charge in [0.1, 0.15) is 0 Å². The van der Waals surface area contributed by atoms with E-state index in [1.165, 1.54) is 16.8 Å². The monoisotopic (exact) mass is 148 g/mol. The number of fused-ring (bicyclic) bond motifs is 1. The van der Waals surface area contributed by atoms with Crippen molar-refractivity contribution in [2.24, 2.45) is 0 Å². The number of hydrogen-bond acceptors (Lipinski definition) is 2. The van der Waals surface area contributed by atoms with Gasteiger partial charge in [-0.15, -0.1) is 0 Å². The molecular weight excluding hydrogens is 136 g/mol. The molecular formula is C9H12N2. The van der Waals surface area contributed by atoms with E-state index in [0.29, 0.717) is 0 Å². The molecule has 0 aromatic heterocycles. The normalized spacial score (nSPS) is 15.3. The molecule has 0 unspecified atom stereocenters. The lowest BCUT2D eigenvalue weighted by molar-refractivity contribution is 0.734. The third-order valence-corrected chi connectivity index (χ3v) is 2.10. The maximum atomic E-state index is 3.25. The van der Waals surface area contributed by atoms with Crippen LogP contribution in [0.3, 0.4) is 0 Å². The minimum Gasteiger partial charge on any atom is -0.311 e. The number of benzene rings is 1. The van der Waals surface area contributed by atoms with Gasteiger partial charge >= 0.3 is 0 Å². The highest BCUT2D eigenvalue weighted by molar-refractivity contribution is 5.56. The maximum Gasteiger partial charge on any atom is 0.0562 e. The van der Waals surface area contributed by atoms with Crippen LogP contribution in [-0.4, -0.2) is 7.05 Å². The first-order chi connectivity index (χ1) is 5.27. The summed E-state index contributed by atoms with van der Waals surface area (Å²) >= 11 is 0. The second-order valence-corrected chi connectivity index (χ2v) is 3.03. The lowest BCUT2D eigenvalue weighted by Gasteiger charge is -2.11. The minimum absolute atomic E-state index is 0.966. The second kappa shape index (κ2) is 2.24. The summed E-state index contributed by atoms with van der Waals surface area (Å²) in [6, 6.07) is 6.53. The summed E-state index contributed by atoms with van der Waals surface area (Å²) < 4.78 is 0. The summed E-state index contributed by atoms with van der Waals surface area (Å²) in [6.45, 7) is 3.09. The number of nitrogens with one attached hydrogen (secondary N) is 1. The van der Waals surface area contributed by atoms with Gasteiger partial charge in [-0.2, -0.15) is 0 Å². The molecule has 1 aromatic carbocycles. The van der Waals surface area contributed by atoms with Gasteiger partial charge in [-0.1, -0.05) is 17.7 Å². The molecule has 0 amide bonds. The van der Waals surface area contributed by atoms with Gasteiger partial charge in [0.05, 0.1) is 5.69 Å². The summed E-state index contributed by atoms with van der Waals surface area (Å²) in [6.07, 6.45) is 0. The summed E-state index contributed by atoms with van der Waals surface area (Å²) in [5, 5.41) is 2.06. The van der Waals surface area contributed by atoms with Crippen LogP contribution in [0, 0.1) is 6.92 Å². The fraction of sp³-hybridized carbons (Fsp3) is 0.333. The Bertz CT molecular complexity index is 281. The summed E-state index contributed by atoms with van der Waals surface area (Å²) in [5.74, 6) is 0. The lowest BCUT2D eigenvalue weighted by Crippen LogP contribution is -2.26. The molecule has 1 heterocycles. The van der Waals surface area contributed by atoms with Crippen LogP contribution in [-0.2, 0) is 6.54 Å². The van der Waals surface area contributed by atoms with E-state index in [0.717, 1.165) is 6.54 Å². The Hall–Kier alpha value is -1.02. The number of rotatable bonds is 0. The first-order valence-corrected chi connectivity index (χ1v) is 3.84. The molecule has 1 N–H and O–H groups in total. The van der Waals surface area contributed by atoms with Crippen molar-refractivity contribution in [3.63, 3.8) is 0 Å². The van der Waals surface area contributed by atoms with Crippen LogP contribution < -0.4 is 10.4 Å². The number of aryl methyl sites for hydroxylation is 1. The molecule has 1 aromatic rings. The van der Waals surface area contributed by atoms with Gasteiger partial charge in [-0.05, 0) is 18.6 Å². The van der Waals surface area contributed by atoms with Gasteiger partial charge in [0.15, 0.2) is 0 Å². The van der Waals surface area contributed by atoms with Crippen LogP contribution in [0.1, 0.15) is 11.1 Å². The zero-order valence-corrected chi connectivity index (χ0v) is 6.89. The van der Waals surface area contributed by atoms with E-state index in [4.69, 9.17) is 0 Å². The standard InChI is InChI=1S/C9H12N2/c1-7-3-4-9-8(5-7)6-10-11(9)2/h3-5,10H,6H2,1-2H3. The molecule has 2 heteroatoms. The van der Waals surface area contributed by atoms with Gasteiger partial charge < -0.3 is 5.01 Å². The molecule has 1 aliphatic rings. The van der Waals surface area contributed by atoms with Crippen LogP contribution in [0.15, 0.2) is 18.2 Å². The fourth-order valence-electron chi connectivity index (χ4n) is 1.47. The van der Waals surface area contributed by atoms with Crippen molar-refractivity contribution in [1.29, 1.82) is 0 Å². The molecule has 0 aliphatic carbocycles. The Balaban J connectivity index is 2.50. The van der Waals surface area contributed by atoms with Crippen LogP contribution >= 0.6 is 0 Å². The van der Waals surface area contributed by atoms with Crippen molar-refractivity contribution in [3.8, 4) is 0 Å². The van der Waals surface area contributed by atoms with E-state index in [1.54, 1.807) is 0 Å². The van der Waals surface area contributed by atoms with E-state index < -0.39 is 0 Å². The molecule has 0 fully saturated rings. The van der Waals surface area contributed by atoms with Gasteiger partial charge in [0.25, 0.3) is 0 Å². The molecule has 0 atom stereocenters. The average molecular weight is 148 g/mol. The molecule has 11 heavy (non-hydrogen) atoms.